The average molecular weight is 464 g/mol. The Morgan fingerprint density at radius 1 is 0.774 bits per heavy atom. The molecule has 3 aliphatic rings. The third-order valence-corrected chi connectivity index (χ3v) is 5.49. The first kappa shape index (κ1) is 23.2. The summed E-state index contributed by atoms with van der Waals surface area (Å²) in [5, 5.41) is 0. The van der Waals surface area contributed by atoms with Crippen LogP contribution in [0, 0.1) is 10.8 Å². The van der Waals surface area contributed by atoms with Gasteiger partial charge in [-0.25, -0.2) is 0 Å². The molecule has 0 aliphatic heterocycles. The molecule has 0 amide bonds. The standard InChI is InChI=1S/C18H13F9O4/c19-16(20,21)7-30-12(28)14-5-15(6-14,13(29)31-8-17(22,23)24)11(14)9-1-3-10(4-2-9)18(25,26)27/h1-4,11H,5-8H2. The summed E-state index contributed by atoms with van der Waals surface area (Å²) in [6, 6.07) is 3.11. The Kier molecular flexibility index (Phi) is 5.25. The number of alkyl halides is 9. The van der Waals surface area contributed by atoms with Gasteiger partial charge in [0.15, 0.2) is 13.2 Å². The fraction of sp³-hybridized carbons (Fsp3) is 0.556. The monoisotopic (exact) mass is 464 g/mol. The second-order valence-electron chi connectivity index (χ2n) is 7.60. The zero-order chi connectivity index (χ0) is 23.5. The second kappa shape index (κ2) is 7.02. The van der Waals surface area contributed by atoms with E-state index < -0.39 is 78.8 Å². The van der Waals surface area contributed by atoms with Gasteiger partial charge in [0.25, 0.3) is 0 Å². The first-order valence-corrected chi connectivity index (χ1v) is 8.65. The van der Waals surface area contributed by atoms with Gasteiger partial charge >= 0.3 is 30.5 Å². The summed E-state index contributed by atoms with van der Waals surface area (Å²) in [5.74, 6) is -3.94. The minimum Gasteiger partial charge on any atom is -0.456 e. The number of halogens is 9. The van der Waals surface area contributed by atoms with Gasteiger partial charge in [0.2, 0.25) is 0 Å². The van der Waals surface area contributed by atoms with Crippen molar-refractivity contribution >= 4 is 11.9 Å². The highest BCUT2D eigenvalue weighted by molar-refractivity contribution is 5.94. The van der Waals surface area contributed by atoms with Crippen LogP contribution in [0.15, 0.2) is 24.3 Å². The molecule has 0 heterocycles. The number of esters is 2. The van der Waals surface area contributed by atoms with Gasteiger partial charge in [-0.3, -0.25) is 9.59 Å². The molecule has 0 N–H and O–H groups in total. The van der Waals surface area contributed by atoms with Crippen molar-refractivity contribution in [1.29, 1.82) is 0 Å². The molecule has 1 aromatic rings. The summed E-state index contributed by atoms with van der Waals surface area (Å²) in [6.07, 6.45) is -15.2. The molecule has 0 spiro atoms. The maximum Gasteiger partial charge on any atom is 0.422 e. The Morgan fingerprint density at radius 2 is 1.16 bits per heavy atom. The Bertz CT molecular complexity index is 820. The van der Waals surface area contributed by atoms with Crippen molar-refractivity contribution in [2.45, 2.75) is 37.3 Å². The van der Waals surface area contributed by atoms with E-state index in [4.69, 9.17) is 0 Å². The molecule has 4 rings (SSSR count). The lowest BCUT2D eigenvalue weighted by molar-refractivity contribution is -0.265. The predicted molar refractivity (Wildman–Crippen MR) is 82.3 cm³/mol. The quantitative estimate of drug-likeness (QED) is 0.465. The van der Waals surface area contributed by atoms with Crippen molar-refractivity contribution < 1.29 is 58.6 Å². The Hall–Kier alpha value is -2.47. The molecular formula is C18H13F9O4. The molecule has 13 heteroatoms. The fourth-order valence-electron chi connectivity index (χ4n) is 4.36. The number of ether oxygens (including phenoxy) is 2. The maximum absolute atomic E-state index is 12.8. The van der Waals surface area contributed by atoms with Gasteiger partial charge in [0.1, 0.15) is 0 Å². The molecule has 4 nitrogen and oxygen atoms in total. The normalized spacial score (nSPS) is 27.7. The van der Waals surface area contributed by atoms with E-state index >= 15 is 0 Å². The van der Waals surface area contributed by atoms with E-state index in [0.29, 0.717) is 12.1 Å². The number of benzene rings is 1. The zero-order valence-corrected chi connectivity index (χ0v) is 15.2. The van der Waals surface area contributed by atoms with Gasteiger partial charge in [0.05, 0.1) is 16.4 Å². The molecule has 1 aromatic carbocycles. The van der Waals surface area contributed by atoms with Crippen LogP contribution in [0.25, 0.3) is 0 Å². The Morgan fingerprint density at radius 3 is 1.48 bits per heavy atom. The van der Waals surface area contributed by atoms with Crippen molar-refractivity contribution in [3.8, 4) is 0 Å². The lowest BCUT2D eigenvalue weighted by Gasteiger charge is -2.72. The SMILES string of the molecule is O=C(OCC(F)(F)F)C12CC(C(=O)OCC(F)(F)F)(C1)C2c1ccc(C(F)(F)F)cc1. The van der Waals surface area contributed by atoms with Crippen LogP contribution in [0.5, 0.6) is 0 Å². The molecule has 0 saturated heterocycles. The van der Waals surface area contributed by atoms with E-state index in [9.17, 15) is 49.1 Å². The molecule has 2 bridgehead atoms. The van der Waals surface area contributed by atoms with Crippen molar-refractivity contribution in [1.82, 2.24) is 0 Å². The van der Waals surface area contributed by atoms with Crippen LogP contribution in [0.3, 0.4) is 0 Å². The smallest absolute Gasteiger partial charge is 0.422 e. The molecule has 0 unspecified atom stereocenters. The summed E-state index contributed by atoms with van der Waals surface area (Å²) >= 11 is 0. The summed E-state index contributed by atoms with van der Waals surface area (Å²) in [5.41, 5.74) is -4.42. The predicted octanol–water partition coefficient (Wildman–Crippen LogP) is 4.78. The molecule has 0 atom stereocenters. The molecular weight excluding hydrogens is 451 g/mol. The lowest BCUT2D eigenvalue weighted by atomic mass is 9.28. The highest BCUT2D eigenvalue weighted by Crippen LogP contribution is 2.81. The van der Waals surface area contributed by atoms with Crippen LogP contribution >= 0.6 is 0 Å². The topological polar surface area (TPSA) is 52.6 Å². The van der Waals surface area contributed by atoms with E-state index in [1.165, 1.54) is 0 Å². The van der Waals surface area contributed by atoms with E-state index in [2.05, 4.69) is 9.47 Å². The minimum atomic E-state index is -4.84. The Balaban J connectivity index is 1.86. The van der Waals surface area contributed by atoms with E-state index in [1.807, 2.05) is 0 Å². The zero-order valence-electron chi connectivity index (χ0n) is 15.2. The second-order valence-corrected chi connectivity index (χ2v) is 7.60. The van der Waals surface area contributed by atoms with E-state index in [-0.39, 0.29) is 5.56 Å². The number of rotatable bonds is 5. The average Bonchev–Trinajstić information content (AvgIpc) is 2.55. The van der Waals surface area contributed by atoms with Crippen LogP contribution in [-0.4, -0.2) is 37.5 Å². The van der Waals surface area contributed by atoms with Gasteiger partial charge in [0, 0.05) is 5.92 Å². The van der Waals surface area contributed by atoms with Gasteiger partial charge < -0.3 is 9.47 Å². The molecule has 0 aromatic heterocycles. The van der Waals surface area contributed by atoms with Crippen LogP contribution in [0.1, 0.15) is 29.9 Å². The first-order chi connectivity index (χ1) is 14.0. The third-order valence-electron chi connectivity index (χ3n) is 5.49. The molecule has 3 saturated carbocycles. The van der Waals surface area contributed by atoms with E-state index in [0.717, 1.165) is 12.1 Å². The molecule has 3 aliphatic carbocycles. The third kappa shape index (κ3) is 4.18. The van der Waals surface area contributed by atoms with Crippen LogP contribution in [0.2, 0.25) is 0 Å². The lowest BCUT2D eigenvalue weighted by Crippen LogP contribution is -2.75. The van der Waals surface area contributed by atoms with Crippen LogP contribution < -0.4 is 0 Å². The van der Waals surface area contributed by atoms with Crippen LogP contribution in [0.4, 0.5) is 39.5 Å². The van der Waals surface area contributed by atoms with Gasteiger partial charge in [-0.15, -0.1) is 0 Å². The largest absolute Gasteiger partial charge is 0.456 e. The minimum absolute atomic E-state index is 0.0292. The van der Waals surface area contributed by atoms with Gasteiger partial charge in [-0.1, -0.05) is 12.1 Å². The van der Waals surface area contributed by atoms with Crippen molar-refractivity contribution in [3.63, 3.8) is 0 Å². The van der Waals surface area contributed by atoms with Crippen molar-refractivity contribution in [2.75, 3.05) is 13.2 Å². The summed E-state index contributed by atoms with van der Waals surface area (Å²) in [4.78, 5) is 24.6. The molecule has 3 fully saturated rings. The van der Waals surface area contributed by atoms with Gasteiger partial charge in [-0.05, 0) is 30.5 Å². The Labute approximate surface area is 168 Å². The van der Waals surface area contributed by atoms with Crippen LogP contribution in [-0.2, 0) is 25.2 Å². The first-order valence-electron chi connectivity index (χ1n) is 8.65. The highest BCUT2D eigenvalue weighted by Gasteiger charge is 2.83. The number of hydrogen-bond acceptors (Lipinski definition) is 4. The number of carbonyl (C=O) groups is 2. The number of carbonyl (C=O) groups excluding carboxylic acids is 2. The van der Waals surface area contributed by atoms with Crippen molar-refractivity contribution in [3.05, 3.63) is 35.4 Å². The molecule has 0 radical (unpaired) electrons. The maximum atomic E-state index is 12.8. The summed E-state index contributed by atoms with van der Waals surface area (Å²) in [7, 11) is 0. The summed E-state index contributed by atoms with van der Waals surface area (Å²) in [6.45, 7) is -3.84. The van der Waals surface area contributed by atoms with Gasteiger partial charge in [-0.2, -0.15) is 39.5 Å². The summed E-state index contributed by atoms with van der Waals surface area (Å²) < 4.78 is 121. The highest BCUT2D eigenvalue weighted by atomic mass is 19.4. The number of hydrogen-bond donors (Lipinski definition) is 0. The fourth-order valence-corrected chi connectivity index (χ4v) is 4.36. The molecule has 172 valence electrons. The molecule has 31 heavy (non-hydrogen) atoms. The van der Waals surface area contributed by atoms with E-state index in [1.54, 1.807) is 0 Å². The van der Waals surface area contributed by atoms with Crippen molar-refractivity contribution in [2.24, 2.45) is 10.8 Å².